The van der Waals surface area contributed by atoms with E-state index in [-0.39, 0.29) is 29.9 Å². The van der Waals surface area contributed by atoms with E-state index >= 15 is 0 Å². The van der Waals surface area contributed by atoms with Crippen molar-refractivity contribution in [2.24, 2.45) is 5.92 Å². The van der Waals surface area contributed by atoms with Crippen LogP contribution in [-0.2, 0) is 9.53 Å². The van der Waals surface area contributed by atoms with Crippen LogP contribution in [0.2, 0.25) is 0 Å². The fourth-order valence-electron chi connectivity index (χ4n) is 5.48. The van der Waals surface area contributed by atoms with Gasteiger partial charge in [0, 0.05) is 25.3 Å². The van der Waals surface area contributed by atoms with Gasteiger partial charge < -0.3 is 19.7 Å². The molecule has 1 aromatic carbocycles. The molecule has 0 aromatic heterocycles. The first-order valence-electron chi connectivity index (χ1n) is 12.4. The van der Waals surface area contributed by atoms with Gasteiger partial charge >= 0.3 is 6.03 Å². The van der Waals surface area contributed by atoms with E-state index in [1.807, 2.05) is 24.0 Å². The van der Waals surface area contributed by atoms with E-state index in [1.54, 1.807) is 18.2 Å². The Kier molecular flexibility index (Phi) is 7.56. The molecule has 3 saturated heterocycles. The number of nitrogens with one attached hydrogen (secondary N) is 1. The van der Waals surface area contributed by atoms with Gasteiger partial charge in [-0.1, -0.05) is 32.1 Å². The van der Waals surface area contributed by atoms with E-state index in [1.165, 1.54) is 4.90 Å². The maximum absolute atomic E-state index is 13.6. The summed E-state index contributed by atoms with van der Waals surface area (Å²) in [6, 6.07) is 6.85. The Balaban J connectivity index is 1.42. The topological polar surface area (TPSA) is 88.2 Å². The SMILES string of the molecule is C=CCOc1cccc(C(=O)N2CCC(C3(CCC)NC(=O)N(CC4CCCO4)C3=O)CC2)c1. The number of ether oxygens (including phenoxy) is 2. The lowest BCUT2D eigenvalue weighted by atomic mass is 9.74. The van der Waals surface area contributed by atoms with Crippen LogP contribution in [0.4, 0.5) is 4.79 Å². The summed E-state index contributed by atoms with van der Waals surface area (Å²) < 4.78 is 11.2. The third kappa shape index (κ3) is 4.82. The third-order valence-corrected chi connectivity index (χ3v) is 7.18. The maximum atomic E-state index is 13.6. The number of hydrogen-bond donors (Lipinski definition) is 1. The highest BCUT2D eigenvalue weighted by molar-refractivity contribution is 6.07. The van der Waals surface area contributed by atoms with E-state index in [4.69, 9.17) is 9.47 Å². The first-order chi connectivity index (χ1) is 16.5. The van der Waals surface area contributed by atoms with E-state index in [2.05, 4.69) is 11.9 Å². The minimum atomic E-state index is -0.891. The highest BCUT2D eigenvalue weighted by Crippen LogP contribution is 2.38. The van der Waals surface area contributed by atoms with E-state index in [0.29, 0.717) is 63.4 Å². The summed E-state index contributed by atoms with van der Waals surface area (Å²) in [5.41, 5.74) is -0.311. The van der Waals surface area contributed by atoms with Crippen LogP contribution in [-0.4, -0.2) is 72.1 Å². The van der Waals surface area contributed by atoms with E-state index < -0.39 is 5.54 Å². The molecule has 8 heteroatoms. The van der Waals surface area contributed by atoms with Gasteiger partial charge in [-0.3, -0.25) is 14.5 Å². The maximum Gasteiger partial charge on any atom is 0.325 e. The molecule has 34 heavy (non-hydrogen) atoms. The van der Waals surface area contributed by atoms with Gasteiger partial charge in [0.2, 0.25) is 0 Å². The molecule has 4 amide bonds. The molecule has 1 N–H and O–H groups in total. The summed E-state index contributed by atoms with van der Waals surface area (Å²) in [7, 11) is 0. The molecule has 2 unspecified atom stereocenters. The summed E-state index contributed by atoms with van der Waals surface area (Å²) in [6.07, 6.45) is 6.14. The number of amides is 4. The number of carbonyl (C=O) groups excluding carboxylic acids is 3. The Morgan fingerprint density at radius 2 is 2.09 bits per heavy atom. The molecule has 184 valence electrons. The first-order valence-corrected chi connectivity index (χ1v) is 12.4. The summed E-state index contributed by atoms with van der Waals surface area (Å²) >= 11 is 0. The predicted octanol–water partition coefficient (Wildman–Crippen LogP) is 3.37. The Hall–Kier alpha value is -2.87. The summed E-state index contributed by atoms with van der Waals surface area (Å²) in [5, 5.41) is 3.07. The van der Waals surface area contributed by atoms with Crippen molar-refractivity contribution in [1.29, 1.82) is 0 Å². The van der Waals surface area contributed by atoms with Gasteiger partial charge in [0.25, 0.3) is 11.8 Å². The van der Waals surface area contributed by atoms with Crippen molar-refractivity contribution in [3.05, 3.63) is 42.5 Å². The zero-order chi connectivity index (χ0) is 24.1. The zero-order valence-electron chi connectivity index (χ0n) is 20.0. The number of nitrogens with zero attached hydrogens (tertiary/aromatic N) is 2. The number of urea groups is 1. The summed E-state index contributed by atoms with van der Waals surface area (Å²) in [5.74, 6) is 0.443. The van der Waals surface area contributed by atoms with Gasteiger partial charge in [0.1, 0.15) is 17.9 Å². The molecule has 4 rings (SSSR count). The Morgan fingerprint density at radius 3 is 2.76 bits per heavy atom. The van der Waals surface area contributed by atoms with Crippen molar-refractivity contribution in [1.82, 2.24) is 15.1 Å². The number of benzene rings is 1. The number of rotatable bonds is 9. The molecule has 3 aliphatic rings. The van der Waals surface area contributed by atoms with Gasteiger partial charge in [-0.25, -0.2) is 4.79 Å². The van der Waals surface area contributed by atoms with Crippen LogP contribution in [0.5, 0.6) is 5.75 Å². The summed E-state index contributed by atoms with van der Waals surface area (Å²) in [6.45, 7) is 8.15. The molecule has 3 aliphatic heterocycles. The lowest BCUT2D eigenvalue weighted by molar-refractivity contribution is -0.135. The molecule has 3 fully saturated rings. The van der Waals surface area contributed by atoms with Gasteiger partial charge in [-0.05, 0) is 56.2 Å². The van der Waals surface area contributed by atoms with Crippen LogP contribution < -0.4 is 10.1 Å². The molecular weight excluding hydrogens is 434 g/mol. The fourth-order valence-corrected chi connectivity index (χ4v) is 5.48. The average molecular weight is 470 g/mol. The van der Waals surface area contributed by atoms with Crippen LogP contribution in [0.25, 0.3) is 0 Å². The quantitative estimate of drug-likeness (QED) is 0.443. The smallest absolute Gasteiger partial charge is 0.325 e. The highest BCUT2D eigenvalue weighted by atomic mass is 16.5. The van der Waals surface area contributed by atoms with Crippen molar-refractivity contribution in [2.45, 2.75) is 57.1 Å². The van der Waals surface area contributed by atoms with Crippen molar-refractivity contribution >= 4 is 17.8 Å². The molecule has 0 aliphatic carbocycles. The lowest BCUT2D eigenvalue weighted by Gasteiger charge is -2.41. The zero-order valence-corrected chi connectivity index (χ0v) is 20.0. The molecule has 0 saturated carbocycles. The monoisotopic (exact) mass is 469 g/mol. The normalized spacial score (nSPS) is 25.5. The largest absolute Gasteiger partial charge is 0.490 e. The minimum absolute atomic E-state index is 0.00953. The fraction of sp³-hybridized carbons (Fsp3) is 0.577. The van der Waals surface area contributed by atoms with Crippen molar-refractivity contribution in [3.63, 3.8) is 0 Å². The molecule has 0 spiro atoms. The standard InChI is InChI=1S/C26H35N3O5/c1-3-12-26(24(31)29(25(32)27-26)18-22-9-6-16-34-22)20-10-13-28(14-11-20)23(30)19-7-5-8-21(17-19)33-15-4-2/h4-5,7-8,17,20,22H,2-3,6,9-16,18H2,1H3,(H,27,32). The lowest BCUT2D eigenvalue weighted by Crippen LogP contribution is -2.56. The van der Waals surface area contributed by atoms with Crippen LogP contribution >= 0.6 is 0 Å². The van der Waals surface area contributed by atoms with Crippen molar-refractivity contribution < 1.29 is 23.9 Å². The number of imide groups is 1. The predicted molar refractivity (Wildman–Crippen MR) is 128 cm³/mol. The second-order valence-electron chi connectivity index (χ2n) is 9.40. The van der Waals surface area contributed by atoms with Gasteiger partial charge in [-0.15, -0.1) is 0 Å². The van der Waals surface area contributed by atoms with Gasteiger partial charge in [-0.2, -0.15) is 0 Å². The van der Waals surface area contributed by atoms with E-state index in [9.17, 15) is 14.4 Å². The Morgan fingerprint density at radius 1 is 1.29 bits per heavy atom. The van der Waals surface area contributed by atoms with Crippen LogP contribution in [0.1, 0.15) is 55.8 Å². The average Bonchev–Trinajstić information content (AvgIpc) is 3.46. The number of likely N-dealkylation sites (tertiary alicyclic amines) is 1. The van der Waals surface area contributed by atoms with Crippen LogP contribution in [0.3, 0.4) is 0 Å². The van der Waals surface area contributed by atoms with Crippen molar-refractivity contribution in [2.75, 3.05) is 32.8 Å². The van der Waals surface area contributed by atoms with Crippen LogP contribution in [0, 0.1) is 5.92 Å². The number of hydrogen-bond acceptors (Lipinski definition) is 5. The highest BCUT2D eigenvalue weighted by Gasteiger charge is 2.55. The molecule has 0 radical (unpaired) electrons. The van der Waals surface area contributed by atoms with E-state index in [0.717, 1.165) is 19.3 Å². The minimum Gasteiger partial charge on any atom is -0.490 e. The first kappa shape index (κ1) is 24.3. The second-order valence-corrected chi connectivity index (χ2v) is 9.40. The molecular formula is C26H35N3O5. The molecule has 8 nitrogen and oxygen atoms in total. The third-order valence-electron chi connectivity index (χ3n) is 7.18. The molecule has 3 heterocycles. The molecule has 2 atom stereocenters. The number of piperidine rings is 1. The molecule has 0 bridgehead atoms. The second kappa shape index (κ2) is 10.6. The van der Waals surface area contributed by atoms with Gasteiger partial charge in [0.05, 0.1) is 12.6 Å². The van der Waals surface area contributed by atoms with Crippen LogP contribution in [0.15, 0.2) is 36.9 Å². The summed E-state index contributed by atoms with van der Waals surface area (Å²) in [4.78, 5) is 42.7. The molecule has 1 aromatic rings. The van der Waals surface area contributed by atoms with Crippen molar-refractivity contribution in [3.8, 4) is 5.75 Å². The Labute approximate surface area is 201 Å². The number of carbonyl (C=O) groups is 3. The van der Waals surface area contributed by atoms with Gasteiger partial charge in [0.15, 0.2) is 0 Å². The Bertz CT molecular complexity index is 921.